The number of ether oxygens (including phenoxy) is 2. The molecule has 0 aromatic heterocycles. The Morgan fingerprint density at radius 3 is 2.00 bits per heavy atom. The molecule has 0 spiro atoms. The van der Waals surface area contributed by atoms with Gasteiger partial charge in [0.15, 0.2) is 0 Å². The van der Waals surface area contributed by atoms with Gasteiger partial charge in [-0.25, -0.2) is 0 Å². The zero-order chi connectivity index (χ0) is 20.7. The van der Waals surface area contributed by atoms with E-state index < -0.39 is 0 Å². The molecule has 0 atom stereocenters. The quantitative estimate of drug-likeness (QED) is 0.362. The maximum Gasteiger partial charge on any atom is 0.311 e. The van der Waals surface area contributed by atoms with Crippen molar-refractivity contribution in [2.75, 3.05) is 0 Å². The van der Waals surface area contributed by atoms with Gasteiger partial charge >= 0.3 is 5.97 Å². The Labute approximate surface area is 173 Å². The van der Waals surface area contributed by atoms with Crippen LogP contribution in [0.5, 0.6) is 11.5 Å². The summed E-state index contributed by atoms with van der Waals surface area (Å²) in [7, 11) is 0. The van der Waals surface area contributed by atoms with E-state index in [4.69, 9.17) is 9.47 Å². The molecule has 3 heteroatoms. The lowest BCUT2D eigenvalue weighted by Crippen LogP contribution is -2.11. The van der Waals surface area contributed by atoms with Crippen LogP contribution in [0.25, 0.3) is 0 Å². The van der Waals surface area contributed by atoms with Gasteiger partial charge in [0.2, 0.25) is 0 Å². The summed E-state index contributed by atoms with van der Waals surface area (Å²) in [6.45, 7) is 7.08. The highest BCUT2D eigenvalue weighted by Gasteiger charge is 2.13. The molecule has 0 saturated heterocycles. The fourth-order valence-corrected chi connectivity index (χ4v) is 2.95. The smallest absolute Gasteiger partial charge is 0.311 e. The van der Waals surface area contributed by atoms with Crippen LogP contribution >= 0.6 is 0 Å². The molecular formula is C26H28O3. The zero-order valence-electron chi connectivity index (χ0n) is 17.4. The molecule has 3 aromatic carbocycles. The Morgan fingerprint density at radius 1 is 0.759 bits per heavy atom. The van der Waals surface area contributed by atoms with Crippen LogP contribution in [0.2, 0.25) is 0 Å². The predicted molar refractivity (Wildman–Crippen MR) is 116 cm³/mol. The van der Waals surface area contributed by atoms with Gasteiger partial charge in [0.1, 0.15) is 18.1 Å². The fourth-order valence-electron chi connectivity index (χ4n) is 2.95. The maximum atomic E-state index is 12.2. The van der Waals surface area contributed by atoms with E-state index in [2.05, 4.69) is 45.0 Å². The molecule has 0 radical (unpaired) electrons. The van der Waals surface area contributed by atoms with E-state index in [1.807, 2.05) is 42.5 Å². The molecule has 0 amide bonds. The topological polar surface area (TPSA) is 35.5 Å². The van der Waals surface area contributed by atoms with Crippen LogP contribution < -0.4 is 9.47 Å². The molecule has 150 valence electrons. The van der Waals surface area contributed by atoms with Crippen molar-refractivity contribution in [1.29, 1.82) is 0 Å². The van der Waals surface area contributed by atoms with Crippen molar-refractivity contribution in [3.63, 3.8) is 0 Å². The van der Waals surface area contributed by atoms with Crippen molar-refractivity contribution in [2.45, 2.75) is 45.6 Å². The van der Waals surface area contributed by atoms with Gasteiger partial charge in [-0.2, -0.15) is 0 Å². The lowest BCUT2D eigenvalue weighted by molar-refractivity contribution is -0.134. The molecule has 0 bridgehead atoms. The number of benzene rings is 3. The predicted octanol–water partition coefficient (Wildman–Crippen LogP) is 6.10. The molecule has 0 aliphatic carbocycles. The Hall–Kier alpha value is -3.07. The van der Waals surface area contributed by atoms with Crippen LogP contribution in [-0.2, 0) is 23.2 Å². The molecular weight excluding hydrogens is 360 g/mol. The average Bonchev–Trinajstić information content (AvgIpc) is 2.72. The van der Waals surface area contributed by atoms with Gasteiger partial charge in [-0.05, 0) is 52.8 Å². The molecule has 29 heavy (non-hydrogen) atoms. The van der Waals surface area contributed by atoms with Crippen LogP contribution in [0.15, 0.2) is 78.9 Å². The summed E-state index contributed by atoms with van der Waals surface area (Å²) in [5, 5.41) is 0. The average molecular weight is 389 g/mol. The van der Waals surface area contributed by atoms with Gasteiger partial charge in [-0.15, -0.1) is 0 Å². The fraction of sp³-hybridized carbons (Fsp3) is 0.269. The third kappa shape index (κ3) is 6.49. The molecule has 0 aliphatic rings. The van der Waals surface area contributed by atoms with Gasteiger partial charge in [-0.3, -0.25) is 4.79 Å². The van der Waals surface area contributed by atoms with E-state index in [1.54, 1.807) is 12.1 Å². The molecule has 0 unspecified atom stereocenters. The number of hydrogen-bond donors (Lipinski definition) is 0. The highest BCUT2D eigenvalue weighted by molar-refractivity contribution is 5.72. The third-order valence-electron chi connectivity index (χ3n) is 4.74. The molecule has 0 fully saturated rings. The SMILES string of the molecule is CC(C)(C)c1ccc(CCC(=O)Oc2ccc(OCc3ccccc3)cc2)cc1. The third-order valence-corrected chi connectivity index (χ3v) is 4.74. The number of esters is 1. The minimum Gasteiger partial charge on any atom is -0.489 e. The first-order valence-electron chi connectivity index (χ1n) is 9.97. The normalized spacial score (nSPS) is 11.1. The highest BCUT2D eigenvalue weighted by Crippen LogP contribution is 2.23. The van der Waals surface area contributed by atoms with E-state index in [0.717, 1.165) is 16.9 Å². The van der Waals surface area contributed by atoms with Gasteiger partial charge in [0.25, 0.3) is 0 Å². The first-order chi connectivity index (χ1) is 13.9. The van der Waals surface area contributed by atoms with Crippen LogP contribution in [0.3, 0.4) is 0 Å². The Bertz CT molecular complexity index is 905. The molecule has 0 heterocycles. The molecule has 3 aromatic rings. The number of carbonyl (C=O) groups excluding carboxylic acids is 1. The Morgan fingerprint density at radius 2 is 1.38 bits per heavy atom. The van der Waals surface area contributed by atoms with Gasteiger partial charge in [0, 0.05) is 6.42 Å². The van der Waals surface area contributed by atoms with Crippen molar-refractivity contribution in [3.8, 4) is 11.5 Å². The summed E-state index contributed by atoms with van der Waals surface area (Å²) in [4.78, 5) is 12.2. The highest BCUT2D eigenvalue weighted by atomic mass is 16.5. The van der Waals surface area contributed by atoms with Crippen molar-refractivity contribution in [3.05, 3.63) is 95.6 Å². The van der Waals surface area contributed by atoms with E-state index >= 15 is 0 Å². The number of hydrogen-bond acceptors (Lipinski definition) is 3. The molecule has 3 rings (SSSR count). The number of rotatable bonds is 7. The van der Waals surface area contributed by atoms with Crippen LogP contribution in [-0.4, -0.2) is 5.97 Å². The standard InChI is InChI=1S/C26H28O3/c1-26(2,3)22-12-9-20(10-13-22)11-18-25(27)29-24-16-14-23(15-17-24)28-19-21-7-5-4-6-8-21/h4-10,12-17H,11,18-19H2,1-3H3. The second-order valence-electron chi connectivity index (χ2n) is 8.17. The van der Waals surface area contributed by atoms with Crippen molar-refractivity contribution in [2.24, 2.45) is 0 Å². The van der Waals surface area contributed by atoms with Crippen molar-refractivity contribution >= 4 is 5.97 Å². The van der Waals surface area contributed by atoms with Crippen LogP contribution in [0, 0.1) is 0 Å². The molecule has 0 aliphatic heterocycles. The van der Waals surface area contributed by atoms with E-state index in [1.165, 1.54) is 5.56 Å². The molecule has 0 N–H and O–H groups in total. The van der Waals surface area contributed by atoms with Gasteiger partial charge in [0.05, 0.1) is 0 Å². The lowest BCUT2D eigenvalue weighted by Gasteiger charge is -2.19. The molecule has 0 saturated carbocycles. The zero-order valence-corrected chi connectivity index (χ0v) is 17.4. The molecule has 3 nitrogen and oxygen atoms in total. The summed E-state index contributed by atoms with van der Waals surface area (Å²) >= 11 is 0. The summed E-state index contributed by atoms with van der Waals surface area (Å²) in [6.07, 6.45) is 1.02. The number of carbonyl (C=O) groups is 1. The van der Waals surface area contributed by atoms with Crippen molar-refractivity contribution in [1.82, 2.24) is 0 Å². The number of aryl methyl sites for hydroxylation is 1. The van der Waals surface area contributed by atoms with Gasteiger partial charge < -0.3 is 9.47 Å². The first kappa shape index (κ1) is 20.7. The van der Waals surface area contributed by atoms with E-state index in [0.29, 0.717) is 25.2 Å². The summed E-state index contributed by atoms with van der Waals surface area (Å²) in [6, 6.07) is 25.6. The lowest BCUT2D eigenvalue weighted by atomic mass is 9.86. The Kier molecular flexibility index (Phi) is 6.71. The monoisotopic (exact) mass is 388 g/mol. The first-order valence-corrected chi connectivity index (χ1v) is 9.97. The summed E-state index contributed by atoms with van der Waals surface area (Å²) in [5.74, 6) is 1.04. The minimum absolute atomic E-state index is 0.133. The van der Waals surface area contributed by atoms with E-state index in [9.17, 15) is 4.79 Å². The second-order valence-corrected chi connectivity index (χ2v) is 8.17. The van der Waals surface area contributed by atoms with Crippen LogP contribution in [0.4, 0.5) is 0 Å². The Balaban J connectivity index is 1.45. The minimum atomic E-state index is -0.233. The largest absolute Gasteiger partial charge is 0.489 e. The van der Waals surface area contributed by atoms with Crippen molar-refractivity contribution < 1.29 is 14.3 Å². The second kappa shape index (κ2) is 9.42. The van der Waals surface area contributed by atoms with Crippen LogP contribution in [0.1, 0.15) is 43.9 Å². The summed E-state index contributed by atoms with van der Waals surface area (Å²) < 4.78 is 11.2. The maximum absolute atomic E-state index is 12.2. The summed E-state index contributed by atoms with van der Waals surface area (Å²) in [5.41, 5.74) is 3.67. The van der Waals surface area contributed by atoms with E-state index in [-0.39, 0.29) is 11.4 Å². The van der Waals surface area contributed by atoms with Gasteiger partial charge in [-0.1, -0.05) is 75.4 Å².